The van der Waals surface area contributed by atoms with Gasteiger partial charge in [0.15, 0.2) is 11.5 Å². The Bertz CT molecular complexity index is 882. The predicted molar refractivity (Wildman–Crippen MR) is 127 cm³/mol. The first-order valence-electron chi connectivity index (χ1n) is 10.8. The van der Waals surface area contributed by atoms with Gasteiger partial charge in [0.25, 0.3) is 5.91 Å². The highest BCUT2D eigenvalue weighted by Gasteiger charge is 2.16. The molecule has 0 spiro atoms. The quantitative estimate of drug-likeness (QED) is 0.578. The zero-order valence-corrected chi connectivity index (χ0v) is 20.2. The van der Waals surface area contributed by atoms with Crippen molar-refractivity contribution >= 4 is 21.8 Å². The van der Waals surface area contributed by atoms with Crippen LogP contribution in [-0.2, 0) is 13.1 Å². The van der Waals surface area contributed by atoms with Crippen molar-refractivity contribution in [1.82, 2.24) is 15.1 Å². The summed E-state index contributed by atoms with van der Waals surface area (Å²) in [5.74, 6) is 1.02. The van der Waals surface area contributed by atoms with E-state index in [-0.39, 0.29) is 5.91 Å². The second-order valence-electron chi connectivity index (χ2n) is 7.92. The van der Waals surface area contributed by atoms with Gasteiger partial charge in [-0.1, -0.05) is 31.2 Å². The number of benzene rings is 2. The third-order valence-corrected chi connectivity index (χ3v) is 5.98. The summed E-state index contributed by atoms with van der Waals surface area (Å²) < 4.78 is 11.9. The second kappa shape index (κ2) is 11.5. The van der Waals surface area contributed by atoms with Crippen LogP contribution in [-0.4, -0.2) is 62.7 Å². The van der Waals surface area contributed by atoms with Crippen LogP contribution in [0.25, 0.3) is 0 Å². The van der Waals surface area contributed by atoms with Crippen LogP contribution in [0, 0.1) is 0 Å². The summed E-state index contributed by atoms with van der Waals surface area (Å²) in [4.78, 5) is 17.6. The average molecular weight is 490 g/mol. The maximum absolute atomic E-state index is 12.8. The Morgan fingerprint density at radius 2 is 1.87 bits per heavy atom. The highest BCUT2D eigenvalue weighted by molar-refractivity contribution is 9.10. The van der Waals surface area contributed by atoms with E-state index in [0.717, 1.165) is 44.7 Å². The summed E-state index contributed by atoms with van der Waals surface area (Å²) in [5, 5.41) is 3.02. The van der Waals surface area contributed by atoms with Crippen molar-refractivity contribution in [3.05, 3.63) is 57.6 Å². The van der Waals surface area contributed by atoms with Gasteiger partial charge < -0.3 is 19.7 Å². The van der Waals surface area contributed by atoms with Gasteiger partial charge in [-0.05, 0) is 52.7 Å². The van der Waals surface area contributed by atoms with E-state index in [1.807, 2.05) is 13.0 Å². The van der Waals surface area contributed by atoms with Crippen LogP contribution in [0.15, 0.2) is 40.9 Å². The van der Waals surface area contributed by atoms with Gasteiger partial charge in [-0.15, -0.1) is 0 Å². The molecule has 1 aliphatic heterocycles. The first kappa shape index (κ1) is 23.6. The molecule has 2 aromatic carbocycles. The Labute approximate surface area is 193 Å². The molecule has 0 atom stereocenters. The number of hydrogen-bond donors (Lipinski definition) is 1. The molecule has 2 aromatic rings. The number of amides is 1. The first-order chi connectivity index (χ1) is 15.0. The SMILES string of the molecule is CCCOc1c(Br)cc(C(=O)NCc2cccc(CN3CCN(C)CC3)c2)cc1OC. The number of methoxy groups -OCH3 is 1. The molecule has 0 aliphatic carbocycles. The molecule has 1 amide bonds. The lowest BCUT2D eigenvalue weighted by atomic mass is 10.1. The Balaban J connectivity index is 1.61. The van der Waals surface area contributed by atoms with Crippen LogP contribution in [0.5, 0.6) is 11.5 Å². The van der Waals surface area contributed by atoms with E-state index in [1.165, 1.54) is 5.56 Å². The molecule has 7 heteroatoms. The molecule has 168 valence electrons. The minimum absolute atomic E-state index is 0.148. The summed E-state index contributed by atoms with van der Waals surface area (Å²) >= 11 is 3.50. The highest BCUT2D eigenvalue weighted by Crippen LogP contribution is 2.36. The number of nitrogens with one attached hydrogen (secondary N) is 1. The molecule has 1 saturated heterocycles. The van der Waals surface area contributed by atoms with E-state index >= 15 is 0 Å². The molecule has 3 rings (SSSR count). The standard InChI is InChI=1S/C24H32BrN3O3/c1-4-12-31-23-21(25)14-20(15-22(23)30-3)24(29)26-16-18-6-5-7-19(13-18)17-28-10-8-27(2)9-11-28/h5-7,13-15H,4,8-12,16-17H2,1-3H3,(H,26,29). The zero-order chi connectivity index (χ0) is 22.2. The number of ether oxygens (including phenoxy) is 2. The third kappa shape index (κ3) is 6.69. The highest BCUT2D eigenvalue weighted by atomic mass is 79.9. The van der Waals surface area contributed by atoms with E-state index in [9.17, 15) is 4.79 Å². The largest absolute Gasteiger partial charge is 0.493 e. The lowest BCUT2D eigenvalue weighted by Crippen LogP contribution is -2.43. The van der Waals surface area contributed by atoms with E-state index in [1.54, 1.807) is 19.2 Å². The summed E-state index contributed by atoms with van der Waals surface area (Å²) in [7, 11) is 3.74. The van der Waals surface area contributed by atoms with E-state index in [2.05, 4.69) is 56.3 Å². The summed E-state index contributed by atoms with van der Waals surface area (Å²) in [6.07, 6.45) is 0.895. The minimum Gasteiger partial charge on any atom is -0.493 e. The van der Waals surface area contributed by atoms with Crippen molar-refractivity contribution in [3.8, 4) is 11.5 Å². The fourth-order valence-electron chi connectivity index (χ4n) is 3.58. The number of carbonyl (C=O) groups excluding carboxylic acids is 1. The maximum atomic E-state index is 12.8. The predicted octanol–water partition coefficient (Wildman–Crippen LogP) is 3.92. The van der Waals surface area contributed by atoms with Gasteiger partial charge in [-0.2, -0.15) is 0 Å². The monoisotopic (exact) mass is 489 g/mol. The molecular weight excluding hydrogens is 458 g/mol. The molecule has 0 radical (unpaired) electrons. The fourth-order valence-corrected chi connectivity index (χ4v) is 4.14. The number of likely N-dealkylation sites (N-methyl/N-ethyl adjacent to an activating group) is 1. The molecule has 1 N–H and O–H groups in total. The van der Waals surface area contributed by atoms with Gasteiger partial charge in [0.1, 0.15) is 0 Å². The molecule has 1 heterocycles. The van der Waals surface area contributed by atoms with Crippen LogP contribution < -0.4 is 14.8 Å². The van der Waals surface area contributed by atoms with Crippen LogP contribution >= 0.6 is 15.9 Å². The molecule has 31 heavy (non-hydrogen) atoms. The number of carbonyl (C=O) groups is 1. The first-order valence-corrected chi connectivity index (χ1v) is 11.6. The van der Waals surface area contributed by atoms with Crippen LogP contribution in [0.2, 0.25) is 0 Å². The molecule has 0 saturated carbocycles. The van der Waals surface area contributed by atoms with Crippen molar-refractivity contribution in [2.45, 2.75) is 26.4 Å². The number of rotatable bonds is 9. The molecule has 0 unspecified atom stereocenters. The number of halogens is 1. The van der Waals surface area contributed by atoms with Gasteiger partial charge in [0.05, 0.1) is 18.2 Å². The number of piperazine rings is 1. The molecular formula is C24H32BrN3O3. The van der Waals surface area contributed by atoms with E-state index in [0.29, 0.717) is 34.7 Å². The topological polar surface area (TPSA) is 54.0 Å². The van der Waals surface area contributed by atoms with Gasteiger partial charge in [-0.25, -0.2) is 0 Å². The number of hydrogen-bond acceptors (Lipinski definition) is 5. The molecule has 0 aromatic heterocycles. The van der Waals surface area contributed by atoms with Crippen LogP contribution in [0.3, 0.4) is 0 Å². The Hall–Kier alpha value is -2.09. The fraction of sp³-hybridized carbons (Fsp3) is 0.458. The van der Waals surface area contributed by atoms with Crippen molar-refractivity contribution < 1.29 is 14.3 Å². The van der Waals surface area contributed by atoms with Gasteiger partial charge in [0, 0.05) is 44.8 Å². The van der Waals surface area contributed by atoms with Gasteiger partial charge in [0.2, 0.25) is 0 Å². The summed E-state index contributed by atoms with van der Waals surface area (Å²) in [6.45, 7) is 8.45. The lowest BCUT2D eigenvalue weighted by Gasteiger charge is -2.32. The summed E-state index contributed by atoms with van der Waals surface area (Å²) in [6, 6.07) is 11.9. The van der Waals surface area contributed by atoms with Crippen LogP contribution in [0.1, 0.15) is 34.8 Å². The smallest absolute Gasteiger partial charge is 0.251 e. The maximum Gasteiger partial charge on any atom is 0.251 e. The number of nitrogens with zero attached hydrogens (tertiary/aromatic N) is 2. The van der Waals surface area contributed by atoms with Crippen molar-refractivity contribution in [2.75, 3.05) is 46.9 Å². The van der Waals surface area contributed by atoms with Gasteiger partial charge in [-0.3, -0.25) is 9.69 Å². The van der Waals surface area contributed by atoms with E-state index < -0.39 is 0 Å². The van der Waals surface area contributed by atoms with Gasteiger partial charge >= 0.3 is 0 Å². The minimum atomic E-state index is -0.148. The average Bonchev–Trinajstić information content (AvgIpc) is 2.78. The van der Waals surface area contributed by atoms with E-state index in [4.69, 9.17) is 9.47 Å². The lowest BCUT2D eigenvalue weighted by molar-refractivity contribution is 0.0950. The molecule has 1 fully saturated rings. The Morgan fingerprint density at radius 3 is 2.58 bits per heavy atom. The summed E-state index contributed by atoms with van der Waals surface area (Å²) in [5.41, 5.74) is 2.90. The Morgan fingerprint density at radius 1 is 1.13 bits per heavy atom. The van der Waals surface area contributed by atoms with Crippen LogP contribution in [0.4, 0.5) is 0 Å². The normalized spacial score (nSPS) is 15.0. The molecule has 6 nitrogen and oxygen atoms in total. The third-order valence-electron chi connectivity index (χ3n) is 5.39. The second-order valence-corrected chi connectivity index (χ2v) is 8.77. The van der Waals surface area contributed by atoms with Crippen molar-refractivity contribution in [2.24, 2.45) is 0 Å². The van der Waals surface area contributed by atoms with Crippen molar-refractivity contribution in [3.63, 3.8) is 0 Å². The Kier molecular flexibility index (Phi) is 8.75. The molecule has 1 aliphatic rings. The van der Waals surface area contributed by atoms with Crippen molar-refractivity contribution in [1.29, 1.82) is 0 Å². The molecule has 0 bridgehead atoms. The zero-order valence-electron chi connectivity index (χ0n) is 18.6.